The second-order valence-corrected chi connectivity index (χ2v) is 8.82. The highest BCUT2D eigenvalue weighted by Gasteiger charge is 2.37. The van der Waals surface area contributed by atoms with Gasteiger partial charge in [-0.05, 0) is 12.5 Å². The lowest BCUT2D eigenvalue weighted by molar-refractivity contribution is -0.134. The molecule has 9 heteroatoms. The fourth-order valence-electron chi connectivity index (χ4n) is 3.15. The molecular formula is C17H20FN3O4S. The van der Waals surface area contributed by atoms with E-state index in [9.17, 15) is 22.4 Å². The molecule has 0 bridgehead atoms. The van der Waals surface area contributed by atoms with Gasteiger partial charge in [-0.1, -0.05) is 18.2 Å². The molecule has 0 aliphatic carbocycles. The van der Waals surface area contributed by atoms with Gasteiger partial charge in [0.2, 0.25) is 5.91 Å². The number of benzene rings is 1. The Morgan fingerprint density at radius 3 is 2.73 bits per heavy atom. The summed E-state index contributed by atoms with van der Waals surface area (Å²) in [5.74, 6) is -1.18. The average Bonchev–Trinajstić information content (AvgIpc) is 2.96. The number of hydrazone groups is 1. The van der Waals surface area contributed by atoms with Crippen LogP contribution < -0.4 is 0 Å². The van der Waals surface area contributed by atoms with Crippen LogP contribution in [0.4, 0.5) is 4.39 Å². The third-order valence-corrected chi connectivity index (χ3v) is 6.32. The highest BCUT2D eigenvalue weighted by molar-refractivity contribution is 7.91. The Morgan fingerprint density at radius 1 is 1.35 bits per heavy atom. The van der Waals surface area contributed by atoms with Crippen LogP contribution in [0.5, 0.6) is 0 Å². The molecule has 1 saturated heterocycles. The van der Waals surface area contributed by atoms with Crippen LogP contribution in [0.1, 0.15) is 24.8 Å². The fraction of sp³-hybridized carbons (Fsp3) is 0.471. The summed E-state index contributed by atoms with van der Waals surface area (Å²) in [6.07, 6.45) is 0.619. The molecule has 2 heterocycles. The van der Waals surface area contributed by atoms with Crippen LogP contribution >= 0.6 is 0 Å². The molecule has 1 unspecified atom stereocenters. The van der Waals surface area contributed by atoms with Crippen molar-refractivity contribution in [3.63, 3.8) is 0 Å². The predicted molar refractivity (Wildman–Crippen MR) is 93.4 cm³/mol. The third kappa shape index (κ3) is 3.92. The molecule has 0 radical (unpaired) electrons. The highest BCUT2D eigenvalue weighted by Crippen LogP contribution is 2.22. The van der Waals surface area contributed by atoms with Gasteiger partial charge in [0, 0.05) is 32.0 Å². The fourth-order valence-corrected chi connectivity index (χ4v) is 4.85. The first-order valence-electron chi connectivity index (χ1n) is 8.35. The summed E-state index contributed by atoms with van der Waals surface area (Å²) in [5.41, 5.74) is 0.572. The number of hydrogen-bond donors (Lipinski definition) is 0. The summed E-state index contributed by atoms with van der Waals surface area (Å²) in [6.45, 7) is 0.0796. The van der Waals surface area contributed by atoms with E-state index in [1.165, 1.54) is 18.0 Å². The maximum absolute atomic E-state index is 13.8. The number of hydrogen-bond acceptors (Lipinski definition) is 5. The van der Waals surface area contributed by atoms with Crippen molar-refractivity contribution >= 4 is 27.4 Å². The molecular weight excluding hydrogens is 361 g/mol. The summed E-state index contributed by atoms with van der Waals surface area (Å²) in [4.78, 5) is 26.1. The topological polar surface area (TPSA) is 87.1 Å². The van der Waals surface area contributed by atoms with Crippen LogP contribution in [0.15, 0.2) is 29.4 Å². The third-order valence-electron chi connectivity index (χ3n) is 4.57. The minimum atomic E-state index is -3.17. The number of halogens is 1. The zero-order chi connectivity index (χ0) is 18.9. The standard InChI is InChI=1S/C17H20FN3O4S/c1-20(10-12-4-2-3-5-14(12)18)17(23)15-6-7-16(22)21(19-15)13-8-9-26(24,25)11-13/h2-5,13H,6-11H2,1H3. The molecule has 0 N–H and O–H groups in total. The van der Waals surface area contributed by atoms with Crippen LogP contribution in [-0.2, 0) is 26.0 Å². The molecule has 2 amide bonds. The quantitative estimate of drug-likeness (QED) is 0.777. The van der Waals surface area contributed by atoms with E-state index in [1.54, 1.807) is 18.2 Å². The Hall–Kier alpha value is -2.29. The van der Waals surface area contributed by atoms with Crippen LogP contribution in [-0.4, -0.2) is 60.4 Å². The maximum Gasteiger partial charge on any atom is 0.270 e. The second kappa shape index (κ2) is 7.14. The molecule has 7 nitrogen and oxygen atoms in total. The Balaban J connectivity index is 1.75. The van der Waals surface area contributed by atoms with Gasteiger partial charge in [-0.15, -0.1) is 0 Å². The Kier molecular flexibility index (Phi) is 5.08. The van der Waals surface area contributed by atoms with Crippen molar-refractivity contribution in [3.05, 3.63) is 35.6 Å². The molecule has 26 heavy (non-hydrogen) atoms. The van der Waals surface area contributed by atoms with Gasteiger partial charge in [-0.2, -0.15) is 5.10 Å². The number of sulfone groups is 1. The van der Waals surface area contributed by atoms with Crippen molar-refractivity contribution in [2.24, 2.45) is 5.10 Å². The smallest absolute Gasteiger partial charge is 0.270 e. The van der Waals surface area contributed by atoms with E-state index < -0.39 is 27.6 Å². The molecule has 3 rings (SSSR count). The Bertz CT molecular complexity index is 869. The van der Waals surface area contributed by atoms with Gasteiger partial charge >= 0.3 is 0 Å². The lowest BCUT2D eigenvalue weighted by Crippen LogP contribution is -2.44. The first-order chi connectivity index (χ1) is 12.3. The van der Waals surface area contributed by atoms with Crippen molar-refractivity contribution in [2.45, 2.75) is 31.8 Å². The molecule has 140 valence electrons. The zero-order valence-electron chi connectivity index (χ0n) is 14.4. The van der Waals surface area contributed by atoms with E-state index in [4.69, 9.17) is 0 Å². The number of carbonyl (C=O) groups excluding carboxylic acids is 2. The lowest BCUT2D eigenvalue weighted by Gasteiger charge is -2.29. The van der Waals surface area contributed by atoms with E-state index in [0.29, 0.717) is 12.0 Å². The SMILES string of the molecule is CN(Cc1ccccc1F)C(=O)C1=NN(C2CCS(=O)(=O)C2)C(=O)CC1. The molecule has 0 aromatic heterocycles. The summed E-state index contributed by atoms with van der Waals surface area (Å²) in [6, 6.07) is 5.67. The summed E-state index contributed by atoms with van der Waals surface area (Å²) in [7, 11) is -1.63. The van der Waals surface area contributed by atoms with Gasteiger partial charge in [-0.25, -0.2) is 17.8 Å². The van der Waals surface area contributed by atoms with Crippen molar-refractivity contribution in [1.29, 1.82) is 0 Å². The van der Waals surface area contributed by atoms with Crippen molar-refractivity contribution < 1.29 is 22.4 Å². The normalized spacial score (nSPS) is 22.2. The number of amides is 2. The van der Waals surface area contributed by atoms with Gasteiger partial charge in [0.05, 0.1) is 17.5 Å². The van der Waals surface area contributed by atoms with E-state index in [2.05, 4.69) is 5.10 Å². The van der Waals surface area contributed by atoms with E-state index in [-0.39, 0.29) is 42.5 Å². The van der Waals surface area contributed by atoms with Gasteiger partial charge < -0.3 is 4.90 Å². The molecule has 0 saturated carbocycles. The van der Waals surface area contributed by atoms with Crippen molar-refractivity contribution in [1.82, 2.24) is 9.91 Å². The predicted octanol–water partition coefficient (Wildman–Crippen LogP) is 0.950. The summed E-state index contributed by atoms with van der Waals surface area (Å²) in [5, 5.41) is 5.30. The number of carbonyl (C=O) groups is 2. The van der Waals surface area contributed by atoms with Gasteiger partial charge in [0.25, 0.3) is 5.91 Å². The maximum atomic E-state index is 13.8. The molecule has 1 fully saturated rings. The molecule has 2 aliphatic heterocycles. The first-order valence-corrected chi connectivity index (χ1v) is 10.2. The van der Waals surface area contributed by atoms with E-state index in [1.807, 2.05) is 0 Å². The first kappa shape index (κ1) is 18.5. The van der Waals surface area contributed by atoms with Crippen LogP contribution in [0.2, 0.25) is 0 Å². The summed E-state index contributed by atoms with van der Waals surface area (Å²) < 4.78 is 37.1. The van der Waals surface area contributed by atoms with E-state index >= 15 is 0 Å². The Morgan fingerprint density at radius 2 is 2.08 bits per heavy atom. The Labute approximate surface area is 151 Å². The molecule has 1 atom stereocenters. The minimum absolute atomic E-state index is 0.0213. The average molecular weight is 381 g/mol. The lowest BCUT2D eigenvalue weighted by atomic mass is 10.1. The highest BCUT2D eigenvalue weighted by atomic mass is 32.2. The molecule has 0 spiro atoms. The van der Waals surface area contributed by atoms with Crippen LogP contribution in [0.3, 0.4) is 0 Å². The van der Waals surface area contributed by atoms with Crippen LogP contribution in [0, 0.1) is 5.82 Å². The monoisotopic (exact) mass is 381 g/mol. The number of nitrogens with zero attached hydrogens (tertiary/aromatic N) is 3. The van der Waals surface area contributed by atoms with Gasteiger partial charge in [0.15, 0.2) is 9.84 Å². The molecule has 1 aromatic rings. The van der Waals surface area contributed by atoms with Crippen molar-refractivity contribution in [2.75, 3.05) is 18.6 Å². The van der Waals surface area contributed by atoms with Gasteiger partial charge in [0.1, 0.15) is 11.5 Å². The van der Waals surface area contributed by atoms with Gasteiger partial charge in [-0.3, -0.25) is 9.59 Å². The minimum Gasteiger partial charge on any atom is -0.336 e. The van der Waals surface area contributed by atoms with Crippen LogP contribution in [0.25, 0.3) is 0 Å². The number of rotatable bonds is 4. The van der Waals surface area contributed by atoms with Crippen molar-refractivity contribution in [3.8, 4) is 0 Å². The second-order valence-electron chi connectivity index (χ2n) is 6.59. The summed E-state index contributed by atoms with van der Waals surface area (Å²) >= 11 is 0. The molecule has 1 aromatic carbocycles. The van der Waals surface area contributed by atoms with E-state index in [0.717, 1.165) is 5.01 Å². The molecule has 2 aliphatic rings. The largest absolute Gasteiger partial charge is 0.336 e. The zero-order valence-corrected chi connectivity index (χ0v) is 15.2.